The van der Waals surface area contributed by atoms with Gasteiger partial charge in [0.25, 0.3) is 0 Å². The highest BCUT2D eigenvalue weighted by Crippen LogP contribution is 2.31. The first kappa shape index (κ1) is 11.4. The molecule has 94 valence electrons. The summed E-state index contributed by atoms with van der Waals surface area (Å²) in [6.45, 7) is 2.31. The Hall–Kier alpha value is -1.68. The first-order valence-corrected chi connectivity index (χ1v) is 6.26. The molecule has 0 spiro atoms. The fourth-order valence-electron chi connectivity index (χ4n) is 2.13. The van der Waals surface area contributed by atoms with Crippen LogP contribution in [0, 0.1) is 0 Å². The maximum Gasteiger partial charge on any atom is 0.142 e. The van der Waals surface area contributed by atoms with Gasteiger partial charge in [0.1, 0.15) is 23.3 Å². The number of nitrogens with zero attached hydrogens (tertiary/aromatic N) is 3. The Morgan fingerprint density at radius 1 is 1.39 bits per heavy atom. The molecule has 18 heavy (non-hydrogen) atoms. The zero-order chi connectivity index (χ0) is 12.5. The third kappa shape index (κ3) is 1.93. The Morgan fingerprint density at radius 3 is 3.00 bits per heavy atom. The molecular weight excluding hydrogens is 250 g/mol. The van der Waals surface area contributed by atoms with Crippen LogP contribution in [0.5, 0.6) is 5.75 Å². The SMILES string of the molecule is Cn1c(Cl)cnc1CN1CCOc2ccccc21. The van der Waals surface area contributed by atoms with E-state index in [2.05, 4.69) is 16.0 Å². The van der Waals surface area contributed by atoms with Gasteiger partial charge in [-0.15, -0.1) is 0 Å². The zero-order valence-electron chi connectivity index (χ0n) is 10.1. The molecule has 2 aromatic rings. The van der Waals surface area contributed by atoms with Gasteiger partial charge in [0, 0.05) is 7.05 Å². The van der Waals surface area contributed by atoms with Gasteiger partial charge in [0.2, 0.25) is 0 Å². The van der Waals surface area contributed by atoms with E-state index in [-0.39, 0.29) is 0 Å². The third-order valence-electron chi connectivity index (χ3n) is 3.18. The van der Waals surface area contributed by atoms with Crippen molar-refractivity contribution in [2.24, 2.45) is 7.05 Å². The van der Waals surface area contributed by atoms with Gasteiger partial charge in [-0.25, -0.2) is 4.98 Å². The largest absolute Gasteiger partial charge is 0.490 e. The van der Waals surface area contributed by atoms with E-state index in [1.807, 2.05) is 29.8 Å². The van der Waals surface area contributed by atoms with Gasteiger partial charge >= 0.3 is 0 Å². The van der Waals surface area contributed by atoms with Crippen LogP contribution in [-0.2, 0) is 13.6 Å². The van der Waals surface area contributed by atoms with Crippen LogP contribution in [0.25, 0.3) is 0 Å². The lowest BCUT2D eigenvalue weighted by atomic mass is 10.2. The molecule has 4 nitrogen and oxygen atoms in total. The minimum atomic E-state index is 0.659. The highest BCUT2D eigenvalue weighted by atomic mass is 35.5. The fraction of sp³-hybridized carbons (Fsp3) is 0.308. The molecule has 2 heterocycles. The molecule has 0 amide bonds. The van der Waals surface area contributed by atoms with E-state index in [4.69, 9.17) is 16.3 Å². The van der Waals surface area contributed by atoms with Crippen LogP contribution in [0.15, 0.2) is 30.5 Å². The molecule has 0 aliphatic carbocycles. The summed E-state index contributed by atoms with van der Waals surface area (Å²) in [7, 11) is 1.93. The van der Waals surface area contributed by atoms with Crippen molar-refractivity contribution < 1.29 is 4.74 Å². The average molecular weight is 264 g/mol. The summed E-state index contributed by atoms with van der Waals surface area (Å²) >= 11 is 6.00. The lowest BCUT2D eigenvalue weighted by molar-refractivity contribution is 0.306. The number of halogens is 1. The Morgan fingerprint density at radius 2 is 2.22 bits per heavy atom. The van der Waals surface area contributed by atoms with Gasteiger partial charge in [-0.3, -0.25) is 0 Å². The Balaban J connectivity index is 1.89. The second-order valence-electron chi connectivity index (χ2n) is 4.29. The lowest BCUT2D eigenvalue weighted by Crippen LogP contribution is -2.33. The predicted molar refractivity (Wildman–Crippen MR) is 71.2 cm³/mol. The maximum absolute atomic E-state index is 6.00. The molecule has 1 aliphatic heterocycles. The normalized spacial score (nSPS) is 14.2. The molecule has 0 N–H and O–H groups in total. The quantitative estimate of drug-likeness (QED) is 0.834. The number of hydrogen-bond acceptors (Lipinski definition) is 3. The molecule has 1 aliphatic rings. The topological polar surface area (TPSA) is 30.3 Å². The number of para-hydroxylation sites is 2. The van der Waals surface area contributed by atoms with Crippen molar-refractivity contribution in [3.05, 3.63) is 41.4 Å². The highest BCUT2D eigenvalue weighted by Gasteiger charge is 2.19. The molecule has 1 aromatic carbocycles. The molecule has 0 radical (unpaired) electrons. The van der Waals surface area contributed by atoms with Crippen molar-refractivity contribution in [1.82, 2.24) is 9.55 Å². The number of fused-ring (bicyclic) bond motifs is 1. The first-order chi connectivity index (χ1) is 8.75. The van der Waals surface area contributed by atoms with Crippen LogP contribution in [0.1, 0.15) is 5.82 Å². The predicted octanol–water partition coefficient (Wildman–Crippen LogP) is 2.47. The van der Waals surface area contributed by atoms with Gasteiger partial charge in [0.05, 0.1) is 25.0 Å². The van der Waals surface area contributed by atoms with E-state index >= 15 is 0 Å². The summed E-state index contributed by atoms with van der Waals surface area (Å²) < 4.78 is 7.53. The molecule has 0 saturated heterocycles. The van der Waals surface area contributed by atoms with Crippen molar-refractivity contribution in [3.63, 3.8) is 0 Å². The van der Waals surface area contributed by atoms with E-state index in [1.54, 1.807) is 6.20 Å². The van der Waals surface area contributed by atoms with Gasteiger partial charge in [0.15, 0.2) is 0 Å². The summed E-state index contributed by atoms with van der Waals surface area (Å²) in [6.07, 6.45) is 1.68. The smallest absolute Gasteiger partial charge is 0.142 e. The fourth-order valence-corrected chi connectivity index (χ4v) is 2.28. The Labute approximate surface area is 111 Å². The summed E-state index contributed by atoms with van der Waals surface area (Å²) in [4.78, 5) is 6.59. The summed E-state index contributed by atoms with van der Waals surface area (Å²) in [5.74, 6) is 1.89. The number of benzene rings is 1. The molecular formula is C13H14ClN3O. The van der Waals surface area contributed by atoms with Crippen molar-refractivity contribution in [2.75, 3.05) is 18.1 Å². The zero-order valence-corrected chi connectivity index (χ0v) is 10.9. The van der Waals surface area contributed by atoms with Crippen LogP contribution in [-0.4, -0.2) is 22.7 Å². The molecule has 0 fully saturated rings. The molecule has 1 aromatic heterocycles. The van der Waals surface area contributed by atoms with Crippen LogP contribution in [0.4, 0.5) is 5.69 Å². The van der Waals surface area contributed by atoms with Gasteiger partial charge < -0.3 is 14.2 Å². The summed E-state index contributed by atoms with van der Waals surface area (Å²) in [5, 5.41) is 0.659. The van der Waals surface area contributed by atoms with Gasteiger partial charge in [-0.05, 0) is 12.1 Å². The van der Waals surface area contributed by atoms with E-state index in [9.17, 15) is 0 Å². The standard InChI is InChI=1S/C13H14ClN3O/c1-16-12(14)8-15-13(16)9-17-6-7-18-11-5-3-2-4-10(11)17/h2-5,8H,6-7,9H2,1H3. The first-order valence-electron chi connectivity index (χ1n) is 5.88. The number of rotatable bonds is 2. The molecule has 0 unspecified atom stereocenters. The molecule has 3 rings (SSSR count). The number of ether oxygens (including phenoxy) is 1. The molecule has 0 saturated carbocycles. The average Bonchev–Trinajstić information content (AvgIpc) is 2.71. The molecule has 0 bridgehead atoms. The second kappa shape index (κ2) is 4.53. The number of aromatic nitrogens is 2. The van der Waals surface area contributed by atoms with Crippen molar-refractivity contribution in [2.45, 2.75) is 6.54 Å². The van der Waals surface area contributed by atoms with Gasteiger partial charge in [-0.2, -0.15) is 0 Å². The van der Waals surface area contributed by atoms with E-state index in [1.165, 1.54) is 0 Å². The Kier molecular flexibility index (Phi) is 2.88. The van der Waals surface area contributed by atoms with E-state index < -0.39 is 0 Å². The lowest BCUT2D eigenvalue weighted by Gasteiger charge is -2.30. The maximum atomic E-state index is 6.00. The monoisotopic (exact) mass is 263 g/mol. The van der Waals surface area contributed by atoms with Crippen LogP contribution in [0.3, 0.4) is 0 Å². The van der Waals surface area contributed by atoms with Gasteiger partial charge in [-0.1, -0.05) is 23.7 Å². The molecule has 0 atom stereocenters. The number of anilines is 1. The summed E-state index contributed by atoms with van der Waals surface area (Å²) in [5.41, 5.74) is 1.11. The van der Waals surface area contributed by atoms with E-state index in [0.29, 0.717) is 11.8 Å². The van der Waals surface area contributed by atoms with E-state index in [0.717, 1.165) is 30.4 Å². The van der Waals surface area contributed by atoms with Crippen molar-refractivity contribution >= 4 is 17.3 Å². The minimum Gasteiger partial charge on any atom is -0.490 e. The second-order valence-corrected chi connectivity index (χ2v) is 4.68. The summed E-state index contributed by atoms with van der Waals surface area (Å²) in [6, 6.07) is 8.07. The van der Waals surface area contributed by atoms with Crippen LogP contribution in [0.2, 0.25) is 5.15 Å². The number of hydrogen-bond donors (Lipinski definition) is 0. The van der Waals surface area contributed by atoms with Crippen molar-refractivity contribution in [1.29, 1.82) is 0 Å². The molecule has 5 heteroatoms. The van der Waals surface area contributed by atoms with Crippen LogP contribution < -0.4 is 9.64 Å². The van der Waals surface area contributed by atoms with Crippen molar-refractivity contribution in [3.8, 4) is 5.75 Å². The Bertz CT molecular complexity index is 567. The number of imidazole rings is 1. The minimum absolute atomic E-state index is 0.659. The van der Waals surface area contributed by atoms with Crippen LogP contribution >= 0.6 is 11.6 Å². The highest BCUT2D eigenvalue weighted by molar-refractivity contribution is 6.29. The third-order valence-corrected chi connectivity index (χ3v) is 3.54.